The zero-order valence-corrected chi connectivity index (χ0v) is 14.5. The topological polar surface area (TPSA) is 61.2 Å². The second-order valence-electron chi connectivity index (χ2n) is 6.49. The van der Waals surface area contributed by atoms with Crippen LogP contribution in [0, 0.1) is 23.7 Å². The monoisotopic (exact) mass is 348 g/mol. The van der Waals surface area contributed by atoms with E-state index in [2.05, 4.69) is 16.8 Å². The largest absolute Gasteiger partial charge is 0.457 e. The predicted octanol–water partition coefficient (Wildman–Crippen LogP) is 3.50. The summed E-state index contributed by atoms with van der Waals surface area (Å²) in [5.74, 6) is 6.19. The lowest BCUT2D eigenvalue weighted by atomic mass is 9.68. The Morgan fingerprint density at radius 1 is 1.42 bits per heavy atom. The Labute approximate surface area is 146 Å². The van der Waals surface area contributed by atoms with Crippen molar-refractivity contribution in [1.82, 2.24) is 9.55 Å². The van der Waals surface area contributed by atoms with E-state index in [0.717, 1.165) is 12.8 Å². The number of fused-ring (bicyclic) bond motifs is 1. The Balaban J connectivity index is 1.77. The van der Waals surface area contributed by atoms with Crippen LogP contribution in [0.4, 0.5) is 0 Å². The Kier molecular flexibility index (Phi) is 5.25. The standard InChI is InChI=1S/C18H21ClN2O3/c1-2-3-9-21-16(14(11-22)20-18(21)19)17(23)24-15-10-12-7-5-4-6-8-13(12)15/h11-13,15H,4-10H2,1H3. The number of carbonyl (C=O) groups excluding carboxylic acids is 2. The Morgan fingerprint density at radius 3 is 2.96 bits per heavy atom. The molecule has 0 saturated heterocycles. The normalized spacial score (nSPS) is 25.5. The second-order valence-corrected chi connectivity index (χ2v) is 6.82. The fraction of sp³-hybridized carbons (Fsp3) is 0.611. The maximum Gasteiger partial charge on any atom is 0.357 e. The van der Waals surface area contributed by atoms with Crippen molar-refractivity contribution in [2.45, 2.75) is 58.1 Å². The van der Waals surface area contributed by atoms with Crippen molar-refractivity contribution >= 4 is 23.9 Å². The molecule has 24 heavy (non-hydrogen) atoms. The van der Waals surface area contributed by atoms with E-state index in [1.807, 2.05) is 0 Å². The molecule has 0 aromatic carbocycles. The minimum atomic E-state index is -0.526. The molecule has 6 heteroatoms. The average Bonchev–Trinajstić information content (AvgIpc) is 2.76. The second kappa shape index (κ2) is 7.40. The first-order valence-electron chi connectivity index (χ1n) is 8.47. The van der Waals surface area contributed by atoms with Gasteiger partial charge in [-0.1, -0.05) is 25.2 Å². The Bertz CT molecular complexity index is 701. The average molecular weight is 349 g/mol. The molecular formula is C18H21ClN2O3. The lowest BCUT2D eigenvalue weighted by Crippen LogP contribution is -2.44. The number of aromatic nitrogens is 2. The molecule has 0 bridgehead atoms. The van der Waals surface area contributed by atoms with Crippen LogP contribution in [0.1, 0.15) is 66.4 Å². The number of imidazole rings is 1. The zero-order chi connectivity index (χ0) is 17.1. The van der Waals surface area contributed by atoms with Gasteiger partial charge in [0.05, 0.1) is 6.54 Å². The summed E-state index contributed by atoms with van der Waals surface area (Å²) in [5, 5.41) is 0.0766. The highest BCUT2D eigenvalue weighted by Gasteiger charge is 2.44. The summed E-state index contributed by atoms with van der Waals surface area (Å²) >= 11 is 6.04. The highest BCUT2D eigenvalue weighted by atomic mass is 35.5. The molecule has 2 saturated carbocycles. The van der Waals surface area contributed by atoms with Gasteiger partial charge in [0, 0.05) is 0 Å². The molecule has 0 radical (unpaired) electrons. The quantitative estimate of drug-likeness (QED) is 0.474. The molecule has 2 aliphatic carbocycles. The molecular weight excluding hydrogens is 328 g/mol. The van der Waals surface area contributed by atoms with Gasteiger partial charge in [-0.25, -0.2) is 9.78 Å². The van der Waals surface area contributed by atoms with Gasteiger partial charge in [0.1, 0.15) is 11.8 Å². The first-order chi connectivity index (χ1) is 11.7. The number of hydrogen-bond donors (Lipinski definition) is 0. The van der Waals surface area contributed by atoms with Gasteiger partial charge in [-0.2, -0.15) is 0 Å². The van der Waals surface area contributed by atoms with Crippen LogP contribution < -0.4 is 0 Å². The fourth-order valence-corrected chi connectivity index (χ4v) is 4.08. The van der Waals surface area contributed by atoms with Gasteiger partial charge in [-0.15, -0.1) is 5.92 Å². The fourth-order valence-electron chi connectivity index (χ4n) is 3.84. The first kappa shape index (κ1) is 17.0. The number of carbonyl (C=O) groups is 2. The third-order valence-electron chi connectivity index (χ3n) is 5.16. The lowest BCUT2D eigenvalue weighted by molar-refractivity contribution is -0.0599. The zero-order valence-electron chi connectivity index (χ0n) is 13.8. The van der Waals surface area contributed by atoms with Crippen LogP contribution in [-0.2, 0) is 11.3 Å². The molecule has 2 fully saturated rings. The van der Waals surface area contributed by atoms with E-state index in [-0.39, 0.29) is 29.3 Å². The number of aldehydes is 1. The van der Waals surface area contributed by atoms with Crippen molar-refractivity contribution in [2.75, 3.05) is 0 Å². The molecule has 5 nitrogen and oxygen atoms in total. The van der Waals surface area contributed by atoms with Crippen molar-refractivity contribution in [2.24, 2.45) is 11.8 Å². The van der Waals surface area contributed by atoms with Crippen LogP contribution in [0.3, 0.4) is 0 Å². The third kappa shape index (κ3) is 3.21. The molecule has 3 unspecified atom stereocenters. The predicted molar refractivity (Wildman–Crippen MR) is 90.0 cm³/mol. The van der Waals surface area contributed by atoms with E-state index >= 15 is 0 Å². The summed E-state index contributed by atoms with van der Waals surface area (Å²) < 4.78 is 7.15. The molecule has 128 valence electrons. The highest BCUT2D eigenvalue weighted by molar-refractivity contribution is 6.29. The van der Waals surface area contributed by atoms with Crippen molar-refractivity contribution in [3.05, 3.63) is 16.7 Å². The number of halogens is 1. The molecule has 0 N–H and O–H groups in total. The summed E-state index contributed by atoms with van der Waals surface area (Å²) in [6, 6.07) is 0. The minimum Gasteiger partial charge on any atom is -0.457 e. The summed E-state index contributed by atoms with van der Waals surface area (Å²) in [6.45, 7) is 1.90. The van der Waals surface area contributed by atoms with Gasteiger partial charge >= 0.3 is 5.97 Å². The first-order valence-corrected chi connectivity index (χ1v) is 8.85. The smallest absolute Gasteiger partial charge is 0.357 e. The maximum atomic E-state index is 12.6. The van der Waals surface area contributed by atoms with Crippen molar-refractivity contribution in [3.63, 3.8) is 0 Å². The van der Waals surface area contributed by atoms with Crippen molar-refractivity contribution < 1.29 is 14.3 Å². The van der Waals surface area contributed by atoms with Gasteiger partial charge in [-0.3, -0.25) is 9.36 Å². The molecule has 1 aromatic rings. The van der Waals surface area contributed by atoms with Gasteiger partial charge < -0.3 is 4.74 Å². The van der Waals surface area contributed by atoms with Gasteiger partial charge in [0.25, 0.3) is 0 Å². The molecule has 0 amide bonds. The van der Waals surface area contributed by atoms with Crippen molar-refractivity contribution in [1.29, 1.82) is 0 Å². The van der Waals surface area contributed by atoms with E-state index in [9.17, 15) is 9.59 Å². The lowest BCUT2D eigenvalue weighted by Gasteiger charge is -2.43. The Hall–Kier alpha value is -1.80. The maximum absolute atomic E-state index is 12.6. The summed E-state index contributed by atoms with van der Waals surface area (Å²) in [6.07, 6.45) is 7.48. The highest BCUT2D eigenvalue weighted by Crippen LogP contribution is 2.45. The van der Waals surface area contributed by atoms with E-state index in [1.54, 1.807) is 6.92 Å². The van der Waals surface area contributed by atoms with Crippen LogP contribution in [0.2, 0.25) is 5.28 Å². The van der Waals surface area contributed by atoms with E-state index in [0.29, 0.717) is 18.1 Å². The third-order valence-corrected chi connectivity index (χ3v) is 5.44. The van der Waals surface area contributed by atoms with Crippen LogP contribution in [-0.4, -0.2) is 27.9 Å². The SMILES string of the molecule is CC#CCn1c(Cl)nc(C=O)c1C(=O)OC1CC2CCCCCC21. The van der Waals surface area contributed by atoms with Crippen LogP contribution >= 0.6 is 11.6 Å². The van der Waals surface area contributed by atoms with Crippen molar-refractivity contribution in [3.8, 4) is 11.8 Å². The number of nitrogens with zero attached hydrogens (tertiary/aromatic N) is 2. The summed E-state index contributed by atoms with van der Waals surface area (Å²) in [4.78, 5) is 27.8. The molecule has 2 aliphatic rings. The number of esters is 1. The molecule has 0 spiro atoms. The number of ether oxygens (including phenoxy) is 1. The van der Waals surface area contributed by atoms with Crippen LogP contribution in [0.5, 0.6) is 0 Å². The minimum absolute atomic E-state index is 0.0136. The number of rotatable bonds is 4. The van der Waals surface area contributed by atoms with E-state index in [1.165, 1.54) is 30.3 Å². The molecule has 1 heterocycles. The van der Waals surface area contributed by atoms with Gasteiger partial charge in [0.2, 0.25) is 5.28 Å². The van der Waals surface area contributed by atoms with E-state index < -0.39 is 5.97 Å². The van der Waals surface area contributed by atoms with Gasteiger partial charge in [0.15, 0.2) is 12.0 Å². The molecule has 3 atom stereocenters. The number of hydrogen-bond acceptors (Lipinski definition) is 4. The van der Waals surface area contributed by atoms with Crippen LogP contribution in [0.15, 0.2) is 0 Å². The Morgan fingerprint density at radius 2 is 2.21 bits per heavy atom. The molecule has 0 aliphatic heterocycles. The van der Waals surface area contributed by atoms with Crippen LogP contribution in [0.25, 0.3) is 0 Å². The summed E-state index contributed by atoms with van der Waals surface area (Å²) in [7, 11) is 0. The summed E-state index contributed by atoms with van der Waals surface area (Å²) in [5.41, 5.74) is 0.120. The molecule has 1 aromatic heterocycles. The molecule has 3 rings (SSSR count). The van der Waals surface area contributed by atoms with Gasteiger partial charge in [-0.05, 0) is 49.6 Å². The van der Waals surface area contributed by atoms with E-state index in [4.69, 9.17) is 16.3 Å².